The number of carbonyl (C=O) groups excluding carboxylic acids is 3. The standard InChI is InChI=1S/C24H20FN3O7/c1-15-10-11-16(12-20(15)28(32)33)26-22(29)14-35-24(31)17-6-2-5-9-21(17)34-13-23(30)27-19-8-4-3-7-18(19)25/h2-12H,13-14H2,1H3,(H,26,29)(H,27,30). The lowest BCUT2D eigenvalue weighted by molar-refractivity contribution is -0.385. The van der Waals surface area contributed by atoms with Gasteiger partial charge < -0.3 is 20.1 Å². The van der Waals surface area contributed by atoms with E-state index in [9.17, 15) is 28.9 Å². The fourth-order valence-corrected chi connectivity index (χ4v) is 2.94. The normalized spacial score (nSPS) is 10.2. The van der Waals surface area contributed by atoms with Gasteiger partial charge in [0.15, 0.2) is 13.2 Å². The number of aryl methyl sites for hydroxylation is 1. The number of nitrogens with zero attached hydrogens (tertiary/aromatic N) is 1. The van der Waals surface area contributed by atoms with E-state index >= 15 is 0 Å². The third kappa shape index (κ3) is 6.84. The molecule has 0 fully saturated rings. The highest BCUT2D eigenvalue weighted by Gasteiger charge is 2.18. The van der Waals surface area contributed by atoms with Gasteiger partial charge in [0.05, 0.1) is 10.6 Å². The maximum absolute atomic E-state index is 13.7. The second-order valence-corrected chi connectivity index (χ2v) is 7.20. The number of nitro benzene ring substituents is 1. The predicted molar refractivity (Wildman–Crippen MR) is 124 cm³/mol. The van der Waals surface area contributed by atoms with Crippen LogP contribution in [0, 0.1) is 22.9 Å². The molecule has 2 N–H and O–H groups in total. The summed E-state index contributed by atoms with van der Waals surface area (Å²) in [5.74, 6) is -2.83. The lowest BCUT2D eigenvalue weighted by atomic mass is 10.2. The van der Waals surface area contributed by atoms with Crippen LogP contribution in [-0.2, 0) is 14.3 Å². The number of carbonyl (C=O) groups is 3. The molecule has 0 aromatic heterocycles. The number of amides is 2. The van der Waals surface area contributed by atoms with Gasteiger partial charge in [0.2, 0.25) is 0 Å². The Labute approximate surface area is 198 Å². The van der Waals surface area contributed by atoms with Crippen LogP contribution in [0.25, 0.3) is 0 Å². The van der Waals surface area contributed by atoms with Gasteiger partial charge in [-0.25, -0.2) is 9.18 Å². The van der Waals surface area contributed by atoms with Gasteiger partial charge in [-0.15, -0.1) is 0 Å². The number of esters is 1. The minimum atomic E-state index is -0.889. The molecule has 3 rings (SSSR count). The topological polar surface area (TPSA) is 137 Å². The van der Waals surface area contributed by atoms with Gasteiger partial charge in [0.1, 0.15) is 17.1 Å². The van der Waals surface area contributed by atoms with Gasteiger partial charge >= 0.3 is 5.97 Å². The Morgan fingerprint density at radius 1 is 0.943 bits per heavy atom. The molecule has 0 saturated heterocycles. The van der Waals surface area contributed by atoms with Crippen LogP contribution in [0.1, 0.15) is 15.9 Å². The van der Waals surface area contributed by atoms with Crippen LogP contribution in [0.5, 0.6) is 5.75 Å². The minimum Gasteiger partial charge on any atom is -0.483 e. The molecule has 0 heterocycles. The van der Waals surface area contributed by atoms with Gasteiger partial charge in [-0.05, 0) is 37.3 Å². The molecule has 2 amide bonds. The summed E-state index contributed by atoms with van der Waals surface area (Å²) in [6, 6.07) is 15.7. The number of benzene rings is 3. The van der Waals surface area contributed by atoms with Gasteiger partial charge in [-0.2, -0.15) is 0 Å². The second kappa shape index (κ2) is 11.4. The van der Waals surface area contributed by atoms with Crippen LogP contribution >= 0.6 is 0 Å². The number of anilines is 2. The van der Waals surface area contributed by atoms with Crippen molar-refractivity contribution < 1.29 is 33.2 Å². The first-order valence-electron chi connectivity index (χ1n) is 10.2. The van der Waals surface area contributed by atoms with Crippen molar-refractivity contribution in [3.63, 3.8) is 0 Å². The zero-order chi connectivity index (χ0) is 25.4. The Balaban J connectivity index is 1.56. The number of hydrogen-bond acceptors (Lipinski definition) is 7. The summed E-state index contributed by atoms with van der Waals surface area (Å²) in [4.78, 5) is 47.2. The molecule has 3 aromatic rings. The number of para-hydroxylation sites is 2. The molecular formula is C24H20FN3O7. The molecule has 0 aliphatic heterocycles. The van der Waals surface area contributed by atoms with Crippen molar-refractivity contribution in [2.45, 2.75) is 6.92 Å². The monoisotopic (exact) mass is 481 g/mol. The van der Waals surface area contributed by atoms with E-state index in [1.165, 1.54) is 54.6 Å². The number of rotatable bonds is 9. The van der Waals surface area contributed by atoms with Crippen LogP contribution in [-0.4, -0.2) is 35.9 Å². The Morgan fingerprint density at radius 3 is 2.37 bits per heavy atom. The van der Waals surface area contributed by atoms with Gasteiger partial charge in [-0.3, -0.25) is 19.7 Å². The van der Waals surface area contributed by atoms with E-state index in [1.54, 1.807) is 19.1 Å². The molecule has 0 atom stereocenters. The third-order valence-electron chi connectivity index (χ3n) is 4.64. The van der Waals surface area contributed by atoms with Crippen molar-refractivity contribution in [3.8, 4) is 5.75 Å². The zero-order valence-corrected chi connectivity index (χ0v) is 18.4. The quantitative estimate of drug-likeness (QED) is 0.269. The molecule has 0 spiro atoms. The highest BCUT2D eigenvalue weighted by Crippen LogP contribution is 2.23. The van der Waals surface area contributed by atoms with Crippen molar-refractivity contribution >= 4 is 34.8 Å². The molecule has 3 aromatic carbocycles. The average molecular weight is 481 g/mol. The minimum absolute atomic E-state index is 0.0151. The number of nitrogens with one attached hydrogen (secondary N) is 2. The highest BCUT2D eigenvalue weighted by atomic mass is 19.1. The Bertz CT molecular complexity index is 1280. The molecule has 0 bridgehead atoms. The number of nitro groups is 1. The molecule has 35 heavy (non-hydrogen) atoms. The van der Waals surface area contributed by atoms with Crippen LogP contribution in [0.4, 0.5) is 21.5 Å². The van der Waals surface area contributed by atoms with Crippen LogP contribution in [0.2, 0.25) is 0 Å². The van der Waals surface area contributed by atoms with Gasteiger partial charge in [0.25, 0.3) is 17.5 Å². The second-order valence-electron chi connectivity index (χ2n) is 7.20. The maximum atomic E-state index is 13.7. The summed E-state index contributed by atoms with van der Waals surface area (Å²) in [6.45, 7) is 0.391. The summed E-state index contributed by atoms with van der Waals surface area (Å²) in [7, 11) is 0. The van der Waals surface area contributed by atoms with Crippen molar-refractivity contribution in [2.75, 3.05) is 23.8 Å². The number of hydrogen-bond donors (Lipinski definition) is 2. The lowest BCUT2D eigenvalue weighted by Gasteiger charge is -2.12. The van der Waals surface area contributed by atoms with E-state index in [0.29, 0.717) is 5.56 Å². The van der Waals surface area contributed by atoms with Crippen LogP contribution in [0.15, 0.2) is 66.7 Å². The zero-order valence-electron chi connectivity index (χ0n) is 18.4. The van der Waals surface area contributed by atoms with Crippen molar-refractivity contribution in [1.29, 1.82) is 0 Å². The predicted octanol–water partition coefficient (Wildman–Crippen LogP) is 3.86. The van der Waals surface area contributed by atoms with Gasteiger partial charge in [-0.1, -0.05) is 30.3 Å². The molecule has 0 unspecified atom stereocenters. The fourth-order valence-electron chi connectivity index (χ4n) is 2.94. The first kappa shape index (κ1) is 24.8. The fraction of sp³-hybridized carbons (Fsp3) is 0.125. The Morgan fingerprint density at radius 2 is 1.63 bits per heavy atom. The molecule has 0 saturated carbocycles. The Kier molecular flexibility index (Phi) is 8.06. The van der Waals surface area contributed by atoms with E-state index in [2.05, 4.69) is 10.6 Å². The summed E-state index contributed by atoms with van der Waals surface area (Å²) in [5, 5.41) is 15.8. The smallest absolute Gasteiger partial charge is 0.342 e. The van der Waals surface area contributed by atoms with Gasteiger partial charge in [0, 0.05) is 17.3 Å². The van der Waals surface area contributed by atoms with E-state index in [1.807, 2.05) is 0 Å². The number of halogens is 1. The first-order chi connectivity index (χ1) is 16.7. The van der Waals surface area contributed by atoms with E-state index < -0.39 is 41.7 Å². The SMILES string of the molecule is Cc1ccc(NC(=O)COC(=O)c2ccccc2OCC(=O)Nc2ccccc2F)cc1[N+](=O)[O-]. The highest BCUT2D eigenvalue weighted by molar-refractivity contribution is 5.97. The number of ether oxygens (including phenoxy) is 2. The van der Waals surface area contributed by atoms with E-state index in [0.717, 1.165) is 0 Å². The summed E-state index contributed by atoms with van der Waals surface area (Å²) < 4.78 is 24.1. The van der Waals surface area contributed by atoms with Crippen LogP contribution in [0.3, 0.4) is 0 Å². The summed E-state index contributed by atoms with van der Waals surface area (Å²) >= 11 is 0. The molecule has 10 nitrogen and oxygen atoms in total. The van der Waals surface area contributed by atoms with Crippen molar-refractivity contribution in [2.24, 2.45) is 0 Å². The lowest BCUT2D eigenvalue weighted by Crippen LogP contribution is -2.23. The largest absolute Gasteiger partial charge is 0.483 e. The van der Waals surface area contributed by atoms with Crippen molar-refractivity contribution in [1.82, 2.24) is 0 Å². The van der Waals surface area contributed by atoms with E-state index in [-0.39, 0.29) is 28.4 Å². The molecular weight excluding hydrogens is 461 g/mol. The van der Waals surface area contributed by atoms with E-state index in [4.69, 9.17) is 9.47 Å². The Hall–Kier alpha value is -4.80. The molecule has 0 aliphatic rings. The summed E-state index contributed by atoms with van der Waals surface area (Å²) in [5.41, 5.74) is 0.389. The average Bonchev–Trinajstić information content (AvgIpc) is 2.84. The maximum Gasteiger partial charge on any atom is 0.342 e. The molecule has 11 heteroatoms. The molecule has 0 aliphatic carbocycles. The van der Waals surface area contributed by atoms with Crippen molar-refractivity contribution in [3.05, 3.63) is 93.8 Å². The molecule has 180 valence electrons. The third-order valence-corrected chi connectivity index (χ3v) is 4.64. The summed E-state index contributed by atoms with van der Waals surface area (Å²) in [6.07, 6.45) is 0. The first-order valence-corrected chi connectivity index (χ1v) is 10.2. The van der Waals surface area contributed by atoms with Crippen LogP contribution < -0.4 is 15.4 Å². The molecule has 0 radical (unpaired) electrons.